The van der Waals surface area contributed by atoms with Crippen LogP contribution in [0.3, 0.4) is 0 Å². The Balaban J connectivity index is 1.78. The van der Waals surface area contributed by atoms with Gasteiger partial charge in [0.2, 0.25) is 5.91 Å². The molecular formula is C16H25NO3. The third-order valence-electron chi connectivity index (χ3n) is 4.18. The van der Waals surface area contributed by atoms with Crippen LogP contribution in [-0.2, 0) is 11.2 Å². The van der Waals surface area contributed by atoms with Crippen molar-refractivity contribution in [1.82, 2.24) is 5.32 Å². The number of rotatable bonds is 7. The maximum absolute atomic E-state index is 12.0. The van der Waals surface area contributed by atoms with Crippen molar-refractivity contribution in [2.24, 2.45) is 5.92 Å². The van der Waals surface area contributed by atoms with Gasteiger partial charge in [0.05, 0.1) is 6.26 Å². The molecule has 0 aromatic carbocycles. The van der Waals surface area contributed by atoms with Crippen LogP contribution in [0.2, 0.25) is 0 Å². The van der Waals surface area contributed by atoms with Gasteiger partial charge >= 0.3 is 0 Å². The quantitative estimate of drug-likeness (QED) is 0.806. The molecule has 1 amide bonds. The van der Waals surface area contributed by atoms with Crippen LogP contribution in [0.15, 0.2) is 22.8 Å². The van der Waals surface area contributed by atoms with E-state index in [4.69, 9.17) is 4.42 Å². The first-order chi connectivity index (χ1) is 9.79. The van der Waals surface area contributed by atoms with E-state index in [1.807, 2.05) is 12.1 Å². The number of furan rings is 1. The van der Waals surface area contributed by atoms with Gasteiger partial charge in [0, 0.05) is 25.5 Å². The van der Waals surface area contributed by atoms with E-state index < -0.39 is 0 Å². The number of hydrogen-bond acceptors (Lipinski definition) is 3. The lowest BCUT2D eigenvalue weighted by Gasteiger charge is -2.30. The summed E-state index contributed by atoms with van der Waals surface area (Å²) < 4.78 is 5.23. The number of nitrogens with one attached hydrogen (secondary N) is 1. The molecule has 1 saturated carbocycles. The second-order valence-electron chi connectivity index (χ2n) is 5.66. The molecule has 1 heterocycles. The molecule has 2 rings (SSSR count). The van der Waals surface area contributed by atoms with Crippen molar-refractivity contribution < 1.29 is 14.3 Å². The Morgan fingerprint density at radius 1 is 1.40 bits per heavy atom. The number of hydrogen-bond donors (Lipinski definition) is 2. The summed E-state index contributed by atoms with van der Waals surface area (Å²) in [6, 6.07) is 3.85. The van der Waals surface area contributed by atoms with Crippen LogP contribution in [0, 0.1) is 5.92 Å². The molecule has 0 saturated heterocycles. The fraction of sp³-hybridized carbons (Fsp3) is 0.688. The molecule has 1 aromatic rings. The number of carbonyl (C=O) groups is 1. The smallest absolute Gasteiger partial charge is 0.220 e. The maximum atomic E-state index is 12.0. The van der Waals surface area contributed by atoms with E-state index in [2.05, 4.69) is 5.32 Å². The van der Waals surface area contributed by atoms with Gasteiger partial charge in [-0.25, -0.2) is 0 Å². The third kappa shape index (κ3) is 4.67. The van der Waals surface area contributed by atoms with Gasteiger partial charge in [0.25, 0.3) is 0 Å². The molecule has 1 fully saturated rings. The fourth-order valence-electron chi connectivity index (χ4n) is 3.07. The molecule has 4 heteroatoms. The number of aliphatic hydroxyl groups excluding tert-OH is 1. The molecule has 0 spiro atoms. The van der Waals surface area contributed by atoms with Crippen LogP contribution in [0.5, 0.6) is 0 Å². The van der Waals surface area contributed by atoms with Crippen molar-refractivity contribution in [3.8, 4) is 0 Å². The molecule has 2 N–H and O–H groups in total. The van der Waals surface area contributed by atoms with E-state index in [0.717, 1.165) is 5.76 Å². The normalized spacial score (nSPS) is 17.9. The van der Waals surface area contributed by atoms with Crippen molar-refractivity contribution in [2.75, 3.05) is 6.61 Å². The summed E-state index contributed by atoms with van der Waals surface area (Å²) in [4.78, 5) is 12.0. The number of aryl methyl sites for hydroxylation is 1. The average molecular weight is 279 g/mol. The molecule has 1 aliphatic rings. The molecule has 4 nitrogen and oxygen atoms in total. The SMILES string of the molecule is O=C(CCc1ccco1)NC(CCO)C1CCCCC1. The van der Waals surface area contributed by atoms with Crippen molar-refractivity contribution in [2.45, 2.75) is 57.4 Å². The van der Waals surface area contributed by atoms with Crippen LogP contribution >= 0.6 is 0 Å². The zero-order valence-electron chi connectivity index (χ0n) is 12.0. The maximum Gasteiger partial charge on any atom is 0.220 e. The van der Waals surface area contributed by atoms with E-state index in [9.17, 15) is 9.90 Å². The topological polar surface area (TPSA) is 62.5 Å². The highest BCUT2D eigenvalue weighted by molar-refractivity contribution is 5.76. The van der Waals surface area contributed by atoms with Crippen molar-refractivity contribution in [3.63, 3.8) is 0 Å². The van der Waals surface area contributed by atoms with Gasteiger partial charge < -0.3 is 14.8 Å². The lowest BCUT2D eigenvalue weighted by Crippen LogP contribution is -2.41. The standard InChI is InChI=1S/C16H25NO3/c18-11-10-15(13-5-2-1-3-6-13)17-16(19)9-8-14-7-4-12-20-14/h4,7,12-13,15,18H,1-3,5-6,8-11H2,(H,17,19). The number of aliphatic hydroxyl groups is 1. The zero-order chi connectivity index (χ0) is 14.2. The summed E-state index contributed by atoms with van der Waals surface area (Å²) in [5, 5.41) is 12.3. The zero-order valence-corrected chi connectivity index (χ0v) is 12.0. The average Bonchev–Trinajstić information content (AvgIpc) is 2.99. The Morgan fingerprint density at radius 3 is 2.85 bits per heavy atom. The first kappa shape index (κ1) is 15.1. The minimum Gasteiger partial charge on any atom is -0.469 e. The molecule has 1 aromatic heterocycles. The first-order valence-corrected chi connectivity index (χ1v) is 7.72. The van der Waals surface area contributed by atoms with Crippen molar-refractivity contribution >= 4 is 5.91 Å². The van der Waals surface area contributed by atoms with Gasteiger partial charge in [-0.05, 0) is 37.3 Å². The van der Waals surface area contributed by atoms with E-state index in [1.54, 1.807) is 6.26 Å². The Kier molecular flexibility index (Phi) is 6.12. The number of carbonyl (C=O) groups excluding carboxylic acids is 1. The van der Waals surface area contributed by atoms with E-state index >= 15 is 0 Å². The third-order valence-corrected chi connectivity index (χ3v) is 4.18. The van der Waals surface area contributed by atoms with E-state index in [1.165, 1.54) is 32.1 Å². The lowest BCUT2D eigenvalue weighted by atomic mass is 9.82. The van der Waals surface area contributed by atoms with Crippen LogP contribution in [-0.4, -0.2) is 23.7 Å². The largest absolute Gasteiger partial charge is 0.469 e. The molecular weight excluding hydrogens is 254 g/mol. The minimum atomic E-state index is 0.0606. The molecule has 1 unspecified atom stereocenters. The van der Waals surface area contributed by atoms with E-state index in [0.29, 0.717) is 25.2 Å². The summed E-state index contributed by atoms with van der Waals surface area (Å²) in [6.07, 6.45) is 9.50. The summed E-state index contributed by atoms with van der Waals surface area (Å²) in [7, 11) is 0. The van der Waals surface area contributed by atoms with Gasteiger partial charge in [0.15, 0.2) is 0 Å². The molecule has 0 bridgehead atoms. The molecule has 0 radical (unpaired) electrons. The molecule has 1 atom stereocenters. The summed E-state index contributed by atoms with van der Waals surface area (Å²) in [5.41, 5.74) is 0. The highest BCUT2D eigenvalue weighted by atomic mass is 16.3. The Bertz CT molecular complexity index is 382. The highest BCUT2D eigenvalue weighted by Crippen LogP contribution is 2.27. The predicted molar refractivity (Wildman–Crippen MR) is 77.2 cm³/mol. The lowest BCUT2D eigenvalue weighted by molar-refractivity contribution is -0.122. The number of amides is 1. The molecule has 112 valence electrons. The monoisotopic (exact) mass is 279 g/mol. The van der Waals surface area contributed by atoms with E-state index in [-0.39, 0.29) is 18.6 Å². The second-order valence-corrected chi connectivity index (χ2v) is 5.66. The van der Waals surface area contributed by atoms with Gasteiger partial charge in [-0.3, -0.25) is 4.79 Å². The predicted octanol–water partition coefficient (Wildman–Crippen LogP) is 2.66. The molecule has 20 heavy (non-hydrogen) atoms. The van der Waals surface area contributed by atoms with Gasteiger partial charge in [0.1, 0.15) is 5.76 Å². The van der Waals surface area contributed by atoms with Crippen LogP contribution in [0.1, 0.15) is 50.7 Å². The molecule has 1 aliphatic carbocycles. The first-order valence-electron chi connectivity index (χ1n) is 7.72. The Morgan fingerprint density at radius 2 is 2.20 bits per heavy atom. The fourth-order valence-corrected chi connectivity index (χ4v) is 3.07. The van der Waals surface area contributed by atoms with Gasteiger partial charge in [-0.1, -0.05) is 19.3 Å². The van der Waals surface area contributed by atoms with Crippen LogP contribution in [0.4, 0.5) is 0 Å². The minimum absolute atomic E-state index is 0.0606. The van der Waals surface area contributed by atoms with Crippen LogP contribution < -0.4 is 5.32 Å². The summed E-state index contributed by atoms with van der Waals surface area (Å²) in [5.74, 6) is 1.44. The van der Waals surface area contributed by atoms with Gasteiger partial charge in [-0.15, -0.1) is 0 Å². The van der Waals surface area contributed by atoms with Crippen molar-refractivity contribution in [3.05, 3.63) is 24.2 Å². The van der Waals surface area contributed by atoms with Crippen molar-refractivity contribution in [1.29, 1.82) is 0 Å². The highest BCUT2D eigenvalue weighted by Gasteiger charge is 2.24. The summed E-state index contributed by atoms with van der Waals surface area (Å²) >= 11 is 0. The summed E-state index contributed by atoms with van der Waals surface area (Å²) in [6.45, 7) is 0.139. The molecule has 0 aliphatic heterocycles. The second kappa shape index (κ2) is 8.10. The Labute approximate surface area is 120 Å². The Hall–Kier alpha value is -1.29. The van der Waals surface area contributed by atoms with Crippen LogP contribution in [0.25, 0.3) is 0 Å². The van der Waals surface area contributed by atoms with Gasteiger partial charge in [-0.2, -0.15) is 0 Å².